The number of carbonyl (C=O) groups is 2. The summed E-state index contributed by atoms with van der Waals surface area (Å²) in [6.45, 7) is 12.3. The molecule has 28 heavy (non-hydrogen) atoms. The first kappa shape index (κ1) is 20.0. The highest BCUT2D eigenvalue weighted by Gasteiger charge is 2.29. The van der Waals surface area contributed by atoms with Gasteiger partial charge in [0.1, 0.15) is 11.5 Å². The zero-order chi connectivity index (χ0) is 20.7. The molecule has 3 rings (SSSR count). The van der Waals surface area contributed by atoms with E-state index in [0.29, 0.717) is 11.5 Å². The van der Waals surface area contributed by atoms with Crippen LogP contribution in [0, 0.1) is 0 Å². The molecule has 2 aromatic rings. The molecule has 1 aromatic carbocycles. The zero-order valence-electron chi connectivity index (χ0n) is 17.4. The van der Waals surface area contributed by atoms with Gasteiger partial charge < -0.3 is 14.5 Å². The van der Waals surface area contributed by atoms with E-state index in [4.69, 9.17) is 9.15 Å². The Morgan fingerprint density at radius 3 is 2.46 bits per heavy atom. The fourth-order valence-corrected chi connectivity index (χ4v) is 2.98. The number of hydrogen-bond acceptors (Lipinski definition) is 4. The largest absolute Gasteiger partial charge is 0.482 e. The summed E-state index contributed by atoms with van der Waals surface area (Å²) in [5, 5.41) is 2.87. The van der Waals surface area contributed by atoms with Gasteiger partial charge in [0.15, 0.2) is 12.4 Å². The molecule has 0 radical (unpaired) electrons. The predicted molar refractivity (Wildman–Crippen MR) is 108 cm³/mol. The van der Waals surface area contributed by atoms with E-state index in [1.54, 1.807) is 17.0 Å². The highest BCUT2D eigenvalue weighted by atomic mass is 16.5. The van der Waals surface area contributed by atoms with E-state index in [1.165, 1.54) is 0 Å². The first-order valence-electron chi connectivity index (χ1n) is 9.43. The van der Waals surface area contributed by atoms with Gasteiger partial charge >= 0.3 is 0 Å². The third kappa shape index (κ3) is 4.38. The third-order valence-electron chi connectivity index (χ3n) is 4.46. The average Bonchev–Trinajstić information content (AvgIpc) is 3.03. The number of benzene rings is 1. The van der Waals surface area contributed by atoms with E-state index in [2.05, 4.69) is 26.1 Å². The van der Waals surface area contributed by atoms with Crippen molar-refractivity contribution < 1.29 is 18.7 Å². The van der Waals surface area contributed by atoms with Crippen molar-refractivity contribution in [2.45, 2.75) is 59.0 Å². The minimum absolute atomic E-state index is 0.0139. The molecule has 1 aliphatic heterocycles. The first-order valence-corrected chi connectivity index (χ1v) is 9.43. The van der Waals surface area contributed by atoms with Gasteiger partial charge in [-0.25, -0.2) is 0 Å². The Morgan fingerprint density at radius 2 is 1.82 bits per heavy atom. The van der Waals surface area contributed by atoms with E-state index in [1.807, 2.05) is 39.0 Å². The van der Waals surface area contributed by atoms with Gasteiger partial charge in [0.2, 0.25) is 0 Å². The summed E-state index contributed by atoms with van der Waals surface area (Å²) in [4.78, 5) is 26.5. The maximum Gasteiger partial charge on any atom is 0.287 e. The fraction of sp³-hybridized carbons (Fsp3) is 0.455. The Bertz CT molecular complexity index is 900. The lowest BCUT2D eigenvalue weighted by Crippen LogP contribution is -2.40. The number of rotatable bonds is 3. The summed E-state index contributed by atoms with van der Waals surface area (Å²) in [5.74, 6) is 1.03. The Balaban J connectivity index is 1.86. The molecule has 1 N–H and O–H groups in total. The van der Waals surface area contributed by atoms with Crippen LogP contribution >= 0.6 is 0 Å². The highest BCUT2D eigenvalue weighted by molar-refractivity contribution is 5.98. The van der Waals surface area contributed by atoms with E-state index in [0.717, 1.165) is 11.3 Å². The molecule has 0 bridgehead atoms. The van der Waals surface area contributed by atoms with Crippen LogP contribution in [0.25, 0.3) is 0 Å². The van der Waals surface area contributed by atoms with Gasteiger partial charge in [0, 0.05) is 5.54 Å². The second-order valence-electron chi connectivity index (χ2n) is 9.17. The number of anilines is 1. The van der Waals surface area contributed by atoms with Crippen molar-refractivity contribution in [2.75, 3.05) is 11.5 Å². The molecule has 2 amide bonds. The molecule has 150 valence electrons. The summed E-state index contributed by atoms with van der Waals surface area (Å²) in [7, 11) is 0. The molecule has 0 saturated carbocycles. The van der Waals surface area contributed by atoms with E-state index >= 15 is 0 Å². The topological polar surface area (TPSA) is 71.8 Å². The third-order valence-corrected chi connectivity index (χ3v) is 4.46. The molecular formula is C22H28N2O4. The normalized spacial score (nSPS) is 14.5. The van der Waals surface area contributed by atoms with Gasteiger partial charge in [-0.2, -0.15) is 0 Å². The molecule has 0 aliphatic carbocycles. The van der Waals surface area contributed by atoms with Gasteiger partial charge in [0.25, 0.3) is 11.8 Å². The van der Waals surface area contributed by atoms with Crippen LogP contribution in [0.3, 0.4) is 0 Å². The quantitative estimate of drug-likeness (QED) is 0.867. The van der Waals surface area contributed by atoms with Crippen LogP contribution in [-0.4, -0.2) is 24.0 Å². The number of fused-ring (bicyclic) bond motifs is 1. The van der Waals surface area contributed by atoms with Crippen LogP contribution in [0.1, 0.15) is 63.4 Å². The van der Waals surface area contributed by atoms with Gasteiger partial charge in [0.05, 0.1) is 12.2 Å². The summed E-state index contributed by atoms with van der Waals surface area (Å²) in [6, 6.07) is 9.28. The number of nitrogens with one attached hydrogen (secondary N) is 1. The SMILES string of the molecule is CC(C)(C)NC(=O)c1ccc(CN2C(=O)COc3ccc(C(C)(C)C)cc32)o1. The maximum atomic E-state index is 12.5. The van der Waals surface area contributed by atoms with E-state index in [9.17, 15) is 9.59 Å². The fourth-order valence-electron chi connectivity index (χ4n) is 2.98. The number of nitrogens with zero attached hydrogens (tertiary/aromatic N) is 1. The van der Waals surface area contributed by atoms with Gasteiger partial charge in [-0.1, -0.05) is 26.8 Å². The monoisotopic (exact) mass is 384 g/mol. The van der Waals surface area contributed by atoms with Crippen LogP contribution in [0.15, 0.2) is 34.7 Å². The number of ether oxygens (including phenoxy) is 1. The molecule has 0 unspecified atom stereocenters. The van der Waals surface area contributed by atoms with Crippen molar-refractivity contribution in [1.82, 2.24) is 5.32 Å². The Labute approximate surface area is 165 Å². The minimum atomic E-state index is -0.355. The predicted octanol–water partition coefficient (Wildman–Crippen LogP) is 4.03. The molecule has 1 aromatic heterocycles. The first-order chi connectivity index (χ1) is 12.9. The van der Waals surface area contributed by atoms with Crippen molar-refractivity contribution in [2.24, 2.45) is 0 Å². The summed E-state index contributed by atoms with van der Waals surface area (Å²) in [5.41, 5.74) is 1.43. The van der Waals surface area contributed by atoms with Crippen LogP contribution < -0.4 is 15.0 Å². The Hall–Kier alpha value is -2.76. The molecule has 0 spiro atoms. The van der Waals surface area contributed by atoms with Crippen molar-refractivity contribution in [3.05, 3.63) is 47.4 Å². The van der Waals surface area contributed by atoms with Crippen LogP contribution in [0.2, 0.25) is 0 Å². The number of furan rings is 1. The Kier molecular flexibility index (Phi) is 5.00. The molecular weight excluding hydrogens is 356 g/mol. The lowest BCUT2D eigenvalue weighted by molar-refractivity contribution is -0.121. The average molecular weight is 384 g/mol. The summed E-state index contributed by atoms with van der Waals surface area (Å²) < 4.78 is 11.3. The molecule has 6 heteroatoms. The lowest BCUT2D eigenvalue weighted by Gasteiger charge is -2.31. The molecule has 0 fully saturated rings. The van der Waals surface area contributed by atoms with Crippen LogP contribution in [0.4, 0.5) is 5.69 Å². The second-order valence-corrected chi connectivity index (χ2v) is 9.17. The van der Waals surface area contributed by atoms with Crippen LogP contribution in [-0.2, 0) is 16.8 Å². The van der Waals surface area contributed by atoms with Gasteiger partial charge in [-0.3, -0.25) is 14.5 Å². The van der Waals surface area contributed by atoms with Crippen molar-refractivity contribution >= 4 is 17.5 Å². The lowest BCUT2D eigenvalue weighted by atomic mass is 9.86. The van der Waals surface area contributed by atoms with Crippen molar-refractivity contribution in [3.63, 3.8) is 0 Å². The number of amides is 2. The van der Waals surface area contributed by atoms with Gasteiger partial charge in [-0.05, 0) is 56.0 Å². The van der Waals surface area contributed by atoms with Crippen LogP contribution in [0.5, 0.6) is 5.75 Å². The van der Waals surface area contributed by atoms with Gasteiger partial charge in [-0.15, -0.1) is 0 Å². The van der Waals surface area contributed by atoms with E-state index < -0.39 is 0 Å². The summed E-state index contributed by atoms with van der Waals surface area (Å²) in [6.07, 6.45) is 0. The number of hydrogen-bond donors (Lipinski definition) is 1. The Morgan fingerprint density at radius 1 is 1.11 bits per heavy atom. The maximum absolute atomic E-state index is 12.5. The van der Waals surface area contributed by atoms with Crippen molar-refractivity contribution in [3.8, 4) is 5.75 Å². The minimum Gasteiger partial charge on any atom is -0.482 e. The highest BCUT2D eigenvalue weighted by Crippen LogP contribution is 2.37. The summed E-state index contributed by atoms with van der Waals surface area (Å²) >= 11 is 0. The molecule has 0 atom stereocenters. The zero-order valence-corrected chi connectivity index (χ0v) is 17.4. The second kappa shape index (κ2) is 7.00. The molecule has 6 nitrogen and oxygen atoms in total. The smallest absolute Gasteiger partial charge is 0.287 e. The van der Waals surface area contributed by atoms with Crippen molar-refractivity contribution in [1.29, 1.82) is 0 Å². The molecule has 0 saturated heterocycles. The van der Waals surface area contributed by atoms with E-state index in [-0.39, 0.29) is 41.7 Å². The molecule has 2 heterocycles. The standard InChI is InChI=1S/C22H28N2O4/c1-21(2,3)14-7-9-17-16(11-14)24(19(25)13-27-17)12-15-8-10-18(28-15)20(26)23-22(4,5)6/h7-11H,12-13H2,1-6H3,(H,23,26). The molecule has 1 aliphatic rings. The number of carbonyl (C=O) groups excluding carboxylic acids is 2.